The van der Waals surface area contributed by atoms with Crippen LogP contribution in [0.3, 0.4) is 0 Å². The molecular formula is C26H36N3NaO4. The van der Waals surface area contributed by atoms with E-state index in [1.165, 1.54) is 0 Å². The first kappa shape index (κ1) is 27.1. The van der Waals surface area contributed by atoms with Gasteiger partial charge in [0.2, 0.25) is 0 Å². The summed E-state index contributed by atoms with van der Waals surface area (Å²) in [4.78, 5) is 21.4. The number of benzene rings is 1. The van der Waals surface area contributed by atoms with E-state index in [2.05, 4.69) is 27.8 Å². The fourth-order valence-corrected chi connectivity index (χ4v) is 5.00. The maximum Gasteiger partial charge on any atom is 1.00 e. The van der Waals surface area contributed by atoms with Gasteiger partial charge in [0.05, 0.1) is 17.4 Å². The monoisotopic (exact) mass is 477 g/mol. The minimum atomic E-state index is -0.907. The Morgan fingerprint density at radius 1 is 1.18 bits per heavy atom. The molecule has 2 N–H and O–H groups in total. The van der Waals surface area contributed by atoms with Gasteiger partial charge in [-0.1, -0.05) is 6.07 Å². The number of rotatable bonds is 7. The summed E-state index contributed by atoms with van der Waals surface area (Å²) in [5, 5.41) is 19.6. The second-order valence-electron chi connectivity index (χ2n) is 9.15. The minimum Gasteiger partial charge on any atom is -1.00 e. The van der Waals surface area contributed by atoms with Crippen molar-refractivity contribution in [3.8, 4) is 11.1 Å². The van der Waals surface area contributed by atoms with Crippen LogP contribution in [0.15, 0.2) is 30.5 Å². The average Bonchev–Trinajstić information content (AvgIpc) is 2.83. The van der Waals surface area contributed by atoms with Gasteiger partial charge in [0.15, 0.2) is 0 Å². The summed E-state index contributed by atoms with van der Waals surface area (Å²) in [5.41, 5.74) is 4.90. The van der Waals surface area contributed by atoms with E-state index in [4.69, 9.17) is 4.74 Å². The molecule has 0 spiro atoms. The summed E-state index contributed by atoms with van der Waals surface area (Å²) < 4.78 is 5.54. The van der Waals surface area contributed by atoms with E-state index in [-0.39, 0.29) is 37.1 Å². The first-order valence-electron chi connectivity index (χ1n) is 12.0. The van der Waals surface area contributed by atoms with Crippen molar-refractivity contribution in [2.24, 2.45) is 0 Å². The Labute approximate surface area is 225 Å². The molecule has 2 aliphatic rings. The summed E-state index contributed by atoms with van der Waals surface area (Å²) in [5.74, 6) is -0.907. The Kier molecular flexibility index (Phi) is 9.95. The summed E-state index contributed by atoms with van der Waals surface area (Å²) in [6.07, 6.45) is 5.18. The van der Waals surface area contributed by atoms with E-state index < -0.39 is 5.97 Å². The summed E-state index contributed by atoms with van der Waals surface area (Å²) in [6.45, 7) is 8.86. The van der Waals surface area contributed by atoms with E-state index in [9.17, 15) is 15.0 Å². The van der Waals surface area contributed by atoms with Crippen molar-refractivity contribution in [2.45, 2.75) is 58.2 Å². The molecule has 180 valence electrons. The number of nitrogens with zero attached hydrogens (tertiary/aromatic N) is 3. The van der Waals surface area contributed by atoms with Crippen LogP contribution < -0.4 is 34.5 Å². The normalized spacial score (nSPS) is 17.9. The van der Waals surface area contributed by atoms with Crippen LogP contribution in [-0.4, -0.2) is 71.1 Å². The number of likely N-dealkylation sites (tertiary alicyclic amines) is 1. The van der Waals surface area contributed by atoms with Gasteiger partial charge < -0.3 is 21.3 Å². The Hall–Kier alpha value is -1.48. The second-order valence-corrected chi connectivity index (χ2v) is 9.15. The van der Waals surface area contributed by atoms with Gasteiger partial charge >= 0.3 is 35.5 Å². The molecule has 0 radical (unpaired) electrons. The van der Waals surface area contributed by atoms with Crippen molar-refractivity contribution in [2.75, 3.05) is 37.7 Å². The maximum atomic E-state index is 12.1. The third-order valence-electron chi connectivity index (χ3n) is 6.99. The van der Waals surface area contributed by atoms with Gasteiger partial charge in [-0.15, -0.1) is 0 Å². The zero-order valence-corrected chi connectivity index (χ0v) is 22.7. The van der Waals surface area contributed by atoms with E-state index >= 15 is 0 Å². The summed E-state index contributed by atoms with van der Waals surface area (Å²) >= 11 is 0. The van der Waals surface area contributed by atoms with Crippen LogP contribution in [0.5, 0.6) is 0 Å². The van der Waals surface area contributed by atoms with Gasteiger partial charge in [0, 0.05) is 62.9 Å². The zero-order chi connectivity index (χ0) is 23.4. The average molecular weight is 478 g/mol. The quantitative estimate of drug-likeness (QED) is 0.572. The van der Waals surface area contributed by atoms with Crippen molar-refractivity contribution in [3.05, 3.63) is 47.3 Å². The Morgan fingerprint density at radius 3 is 2.47 bits per heavy atom. The van der Waals surface area contributed by atoms with Gasteiger partial charge in [0.1, 0.15) is 0 Å². The fourth-order valence-electron chi connectivity index (χ4n) is 5.00. The molecule has 7 nitrogen and oxygen atoms in total. The molecule has 34 heavy (non-hydrogen) atoms. The molecule has 0 bridgehead atoms. The predicted molar refractivity (Wildman–Crippen MR) is 130 cm³/mol. The molecule has 1 aromatic heterocycles. The van der Waals surface area contributed by atoms with Crippen molar-refractivity contribution in [3.63, 3.8) is 0 Å². The number of aliphatic hydroxyl groups excluding tert-OH is 1. The molecule has 4 rings (SSSR count). The van der Waals surface area contributed by atoms with Crippen LogP contribution >= 0.6 is 0 Å². The van der Waals surface area contributed by atoms with Crippen molar-refractivity contribution in [1.29, 1.82) is 0 Å². The van der Waals surface area contributed by atoms with Crippen molar-refractivity contribution < 1.29 is 50.7 Å². The number of piperidine rings is 1. The third kappa shape index (κ3) is 6.39. The van der Waals surface area contributed by atoms with Crippen LogP contribution in [0, 0.1) is 6.92 Å². The van der Waals surface area contributed by atoms with Gasteiger partial charge in [-0.05, 0) is 68.9 Å². The van der Waals surface area contributed by atoms with Gasteiger partial charge in [-0.3, -0.25) is 9.88 Å². The van der Waals surface area contributed by atoms with Crippen LogP contribution in [0.2, 0.25) is 0 Å². The molecule has 1 aromatic carbocycles. The fraction of sp³-hybridized carbons (Fsp3) is 0.538. The second kappa shape index (κ2) is 12.5. The number of aromatic nitrogens is 1. The number of carboxylic acids is 1. The molecule has 0 atom stereocenters. The molecule has 2 saturated heterocycles. The smallest absolute Gasteiger partial charge is 1.00 e. The molecule has 0 unspecified atom stereocenters. The Morgan fingerprint density at radius 2 is 1.88 bits per heavy atom. The third-order valence-corrected chi connectivity index (χ3v) is 6.99. The maximum absolute atomic E-state index is 12.1. The zero-order valence-electron chi connectivity index (χ0n) is 21.7. The van der Waals surface area contributed by atoms with E-state index in [1.807, 2.05) is 25.3 Å². The van der Waals surface area contributed by atoms with Crippen molar-refractivity contribution in [1.82, 2.24) is 9.88 Å². The number of anilines is 1. The number of carbonyl (C=O) groups is 1. The standard InChI is InChI=1S/C26H35N3O4.Na.H/c1-3-29(22-8-12-33-13-9-22)25-15-20(14-24(18(25)2)26(31)32)19-4-5-21(27-16-19)17-28-10-6-23(30)7-11-28;;/h4-5,14-16,22-23,30H,3,6-13,17H2,1-2H3,(H,31,32);;/q;+1;-1. The Balaban J connectivity index is 0.00000216. The molecule has 0 amide bonds. The first-order valence-corrected chi connectivity index (χ1v) is 12.0. The number of carboxylic acid groups (broad SMARTS) is 1. The Bertz CT molecular complexity index is 962. The topological polar surface area (TPSA) is 86.1 Å². The largest absolute Gasteiger partial charge is 1.00 e. The number of ether oxygens (including phenoxy) is 1. The number of pyridine rings is 1. The number of aromatic carboxylic acids is 1. The molecule has 2 fully saturated rings. The number of hydrogen-bond donors (Lipinski definition) is 2. The van der Waals surface area contributed by atoms with Crippen LogP contribution in [-0.2, 0) is 11.3 Å². The van der Waals surface area contributed by atoms with E-state index in [0.717, 1.165) is 93.1 Å². The molecule has 3 heterocycles. The SMILES string of the molecule is CCN(c1cc(-c2ccc(CN3CCC(O)CC3)nc2)cc(C(=O)O)c1C)C1CCOCC1.[H-].[Na+]. The predicted octanol–water partition coefficient (Wildman–Crippen LogP) is 0.834. The van der Waals surface area contributed by atoms with E-state index in [1.54, 1.807) is 6.07 Å². The molecular weight excluding hydrogens is 441 g/mol. The van der Waals surface area contributed by atoms with Crippen LogP contribution in [0.25, 0.3) is 11.1 Å². The summed E-state index contributed by atoms with van der Waals surface area (Å²) in [7, 11) is 0. The minimum absolute atomic E-state index is 0. The molecule has 8 heteroatoms. The first-order chi connectivity index (χ1) is 16.0. The van der Waals surface area contributed by atoms with Gasteiger partial charge in [0.25, 0.3) is 0 Å². The molecule has 0 saturated carbocycles. The molecule has 2 aliphatic heterocycles. The number of hydrogen-bond acceptors (Lipinski definition) is 6. The van der Waals surface area contributed by atoms with Gasteiger partial charge in [-0.25, -0.2) is 4.79 Å². The van der Waals surface area contributed by atoms with Crippen LogP contribution in [0.4, 0.5) is 5.69 Å². The molecule has 2 aromatic rings. The van der Waals surface area contributed by atoms with Crippen LogP contribution in [0.1, 0.15) is 55.6 Å². The number of aliphatic hydroxyl groups is 1. The molecule has 0 aliphatic carbocycles. The van der Waals surface area contributed by atoms with Gasteiger partial charge in [-0.2, -0.15) is 0 Å². The summed E-state index contributed by atoms with van der Waals surface area (Å²) in [6, 6.07) is 8.29. The van der Waals surface area contributed by atoms with E-state index in [0.29, 0.717) is 11.6 Å². The van der Waals surface area contributed by atoms with Crippen molar-refractivity contribution >= 4 is 11.7 Å².